The minimum Gasteiger partial charge on any atom is -1.00 e. The molecule has 26 heavy (non-hydrogen) atoms. The molecule has 2 rings (SSSR count). The quantitative estimate of drug-likeness (QED) is 0.347. The second kappa shape index (κ2) is 10.7. The molecule has 1 heterocycles. The number of likely N-dealkylation sites (N-methyl/N-ethyl adjacent to an activating group) is 1. The molecule has 0 aliphatic carbocycles. The van der Waals surface area contributed by atoms with Gasteiger partial charge in [0.2, 0.25) is 0 Å². The van der Waals surface area contributed by atoms with Crippen LogP contribution in [0.1, 0.15) is 17.5 Å². The van der Waals surface area contributed by atoms with Gasteiger partial charge in [0.05, 0.1) is 11.3 Å². The first-order chi connectivity index (χ1) is 11.9. The van der Waals surface area contributed by atoms with E-state index in [9.17, 15) is 9.59 Å². The molecule has 1 saturated heterocycles. The highest BCUT2D eigenvalue weighted by molar-refractivity contribution is 8.26. The van der Waals surface area contributed by atoms with Crippen LogP contribution >= 0.6 is 24.0 Å². The Kier molecular flexibility index (Phi) is 9.29. The summed E-state index contributed by atoms with van der Waals surface area (Å²) in [6, 6.07) is 7.92. The zero-order chi connectivity index (χ0) is 18.4. The smallest absolute Gasteiger partial charge is 0.307 e. The summed E-state index contributed by atoms with van der Waals surface area (Å²) in [5, 5.41) is 0. The summed E-state index contributed by atoms with van der Waals surface area (Å²) >= 11 is 6.54. The second-order valence-electron chi connectivity index (χ2n) is 6.02. The van der Waals surface area contributed by atoms with Crippen LogP contribution in [0.2, 0.25) is 0 Å². The van der Waals surface area contributed by atoms with E-state index in [2.05, 4.69) is 0 Å². The van der Waals surface area contributed by atoms with Gasteiger partial charge in [0.1, 0.15) is 10.9 Å². The molecule has 1 aliphatic rings. The number of thioether (sulfide) groups is 1. The number of esters is 1. The summed E-state index contributed by atoms with van der Waals surface area (Å²) in [6.45, 7) is 3.28. The number of amides is 1. The molecule has 0 saturated carbocycles. The number of aryl methyl sites for hydroxylation is 1. The zero-order valence-corrected chi connectivity index (χ0v) is 17.4. The van der Waals surface area contributed by atoms with Crippen molar-refractivity contribution in [2.24, 2.45) is 0 Å². The highest BCUT2D eigenvalue weighted by Crippen LogP contribution is 2.32. The Hall–Kier alpha value is -1.41. The third kappa shape index (κ3) is 6.72. The van der Waals surface area contributed by atoms with Crippen molar-refractivity contribution in [3.8, 4) is 0 Å². The normalized spacial score (nSPS) is 15.5. The van der Waals surface area contributed by atoms with Crippen LogP contribution in [0.3, 0.4) is 0 Å². The maximum atomic E-state index is 12.5. The molecule has 8 heteroatoms. The molecule has 0 N–H and O–H groups in total. The number of carbonyl (C=O) groups excluding carboxylic acids is 2. The van der Waals surface area contributed by atoms with Gasteiger partial charge in [-0.2, -0.15) is 0 Å². The summed E-state index contributed by atoms with van der Waals surface area (Å²) in [6.07, 6.45) is 1.96. The van der Waals surface area contributed by atoms with Gasteiger partial charge in [-0.05, 0) is 32.7 Å². The third-order valence-corrected chi connectivity index (χ3v) is 4.97. The third-order valence-electron chi connectivity index (χ3n) is 3.59. The maximum absolute atomic E-state index is 12.5. The van der Waals surface area contributed by atoms with Gasteiger partial charge in [-0.15, -0.1) is 0 Å². The summed E-state index contributed by atoms with van der Waals surface area (Å²) in [7, 11) is 3.82. The fraction of sp³-hybridized carbons (Fsp3) is 0.389. The fourth-order valence-electron chi connectivity index (χ4n) is 2.12. The van der Waals surface area contributed by atoms with E-state index >= 15 is 0 Å². The molecule has 5 nitrogen and oxygen atoms in total. The van der Waals surface area contributed by atoms with E-state index in [1.165, 1.54) is 16.7 Å². The molecule has 0 spiro atoms. The lowest BCUT2D eigenvalue weighted by Gasteiger charge is -2.14. The van der Waals surface area contributed by atoms with Crippen molar-refractivity contribution in [2.75, 3.05) is 33.8 Å². The summed E-state index contributed by atoms with van der Waals surface area (Å²) in [5.74, 6) is -0.477. The van der Waals surface area contributed by atoms with Gasteiger partial charge in [0, 0.05) is 13.1 Å². The van der Waals surface area contributed by atoms with Crippen LogP contribution in [0.4, 0.5) is 0 Å². The minimum absolute atomic E-state index is 0. The van der Waals surface area contributed by atoms with E-state index in [0.29, 0.717) is 22.4 Å². The Morgan fingerprint density at radius 3 is 2.58 bits per heavy atom. The van der Waals surface area contributed by atoms with Crippen LogP contribution in [-0.2, 0) is 14.3 Å². The Bertz CT molecular complexity index is 690. The van der Waals surface area contributed by atoms with Gasteiger partial charge >= 0.3 is 5.97 Å². The van der Waals surface area contributed by atoms with E-state index in [-0.39, 0.29) is 37.2 Å². The first kappa shape index (κ1) is 22.6. The second-order valence-corrected chi connectivity index (χ2v) is 7.69. The zero-order valence-electron chi connectivity index (χ0n) is 15.0. The number of carbonyl (C=O) groups is 2. The summed E-state index contributed by atoms with van der Waals surface area (Å²) < 4.78 is 5.61. The lowest BCUT2D eigenvalue weighted by Crippen LogP contribution is -3.00. The Labute approximate surface area is 170 Å². The van der Waals surface area contributed by atoms with E-state index in [0.717, 1.165) is 11.1 Å². The van der Waals surface area contributed by atoms with Crippen molar-refractivity contribution in [2.45, 2.75) is 13.3 Å². The van der Waals surface area contributed by atoms with Crippen molar-refractivity contribution < 1.29 is 26.7 Å². The summed E-state index contributed by atoms with van der Waals surface area (Å²) in [4.78, 5) is 28.2. The molecule has 142 valence electrons. The number of rotatable bonds is 7. The highest BCUT2D eigenvalue weighted by Gasteiger charge is 2.32. The molecule has 0 atom stereocenters. The standard InChI is InChI=1S/C18H22N2O3S2.ClH/c1-13-4-6-14(7-5-13)12-15-17(22)20(18(24)25-15)9-8-16(21)23-11-10-19(2)3;/h4-7,12H,8-11H2,1-3H3;1H/p-1/b15-12+;. The lowest BCUT2D eigenvalue weighted by atomic mass is 10.1. The van der Waals surface area contributed by atoms with Gasteiger partial charge in [-0.3, -0.25) is 14.5 Å². The van der Waals surface area contributed by atoms with Crippen molar-refractivity contribution in [1.82, 2.24) is 9.80 Å². The lowest BCUT2D eigenvalue weighted by molar-refractivity contribution is -0.144. The molecule has 1 aromatic carbocycles. The number of hydrogen-bond acceptors (Lipinski definition) is 6. The highest BCUT2D eigenvalue weighted by atomic mass is 35.5. The number of benzene rings is 1. The molecule has 0 bridgehead atoms. The van der Waals surface area contributed by atoms with Crippen molar-refractivity contribution in [3.05, 3.63) is 40.3 Å². The molecule has 0 radical (unpaired) electrons. The minimum atomic E-state index is -0.321. The average molecular weight is 414 g/mol. The Balaban J connectivity index is 0.00000338. The van der Waals surface area contributed by atoms with Crippen molar-refractivity contribution in [1.29, 1.82) is 0 Å². The molecule has 1 aromatic rings. The van der Waals surface area contributed by atoms with Crippen molar-refractivity contribution in [3.63, 3.8) is 0 Å². The first-order valence-corrected chi connectivity index (χ1v) is 9.21. The largest absolute Gasteiger partial charge is 1.00 e. The molecule has 1 amide bonds. The van der Waals surface area contributed by atoms with Gasteiger partial charge in [0.25, 0.3) is 5.91 Å². The monoisotopic (exact) mass is 413 g/mol. The molecular weight excluding hydrogens is 392 g/mol. The number of ether oxygens (including phenoxy) is 1. The summed E-state index contributed by atoms with van der Waals surface area (Å²) in [5.41, 5.74) is 2.12. The van der Waals surface area contributed by atoms with Gasteiger partial charge < -0.3 is 22.0 Å². The van der Waals surface area contributed by atoms with Crippen LogP contribution in [-0.4, -0.2) is 59.8 Å². The average Bonchev–Trinajstić information content (AvgIpc) is 2.81. The number of hydrogen-bond donors (Lipinski definition) is 0. The van der Waals surface area contributed by atoms with Gasteiger partial charge in [-0.1, -0.05) is 53.8 Å². The number of thiocarbonyl (C=S) groups is 1. The van der Waals surface area contributed by atoms with Gasteiger partial charge in [-0.25, -0.2) is 0 Å². The van der Waals surface area contributed by atoms with E-state index in [1.807, 2.05) is 56.3 Å². The molecule has 1 fully saturated rings. The van der Waals surface area contributed by atoms with E-state index < -0.39 is 0 Å². The molecule has 0 aromatic heterocycles. The molecule has 0 unspecified atom stereocenters. The fourth-order valence-corrected chi connectivity index (χ4v) is 3.43. The predicted molar refractivity (Wildman–Crippen MR) is 105 cm³/mol. The number of halogens is 1. The van der Waals surface area contributed by atoms with Crippen LogP contribution in [0.15, 0.2) is 29.2 Å². The van der Waals surface area contributed by atoms with Gasteiger partial charge in [0.15, 0.2) is 0 Å². The SMILES string of the molecule is Cc1ccc(/C=C2/SC(=S)N(CCC(=O)OCCN(C)C)C2=O)cc1.[Cl-]. The van der Waals surface area contributed by atoms with Crippen LogP contribution in [0, 0.1) is 6.92 Å². The van der Waals surface area contributed by atoms with Crippen LogP contribution < -0.4 is 12.4 Å². The van der Waals surface area contributed by atoms with E-state index in [4.69, 9.17) is 17.0 Å². The molecular formula is C18H22ClN2O3S2-. The Morgan fingerprint density at radius 2 is 1.96 bits per heavy atom. The topological polar surface area (TPSA) is 49.9 Å². The van der Waals surface area contributed by atoms with Crippen molar-refractivity contribution >= 4 is 46.3 Å². The van der Waals surface area contributed by atoms with E-state index in [1.54, 1.807) is 0 Å². The van der Waals surface area contributed by atoms with Crippen LogP contribution in [0.25, 0.3) is 6.08 Å². The molecule has 1 aliphatic heterocycles. The Morgan fingerprint density at radius 1 is 1.31 bits per heavy atom. The number of nitrogens with zero attached hydrogens (tertiary/aromatic N) is 2. The first-order valence-electron chi connectivity index (χ1n) is 7.99. The van der Waals surface area contributed by atoms with Crippen LogP contribution in [0.5, 0.6) is 0 Å². The maximum Gasteiger partial charge on any atom is 0.307 e. The predicted octanol–water partition coefficient (Wildman–Crippen LogP) is -0.305.